The lowest BCUT2D eigenvalue weighted by Gasteiger charge is -2.07. The third kappa shape index (κ3) is 3.28. The zero-order valence-electron chi connectivity index (χ0n) is 9.36. The molecule has 0 aliphatic rings. The van der Waals surface area contributed by atoms with E-state index in [0.717, 1.165) is 11.1 Å². The van der Waals surface area contributed by atoms with Crippen LogP contribution in [0.25, 0.3) is 0 Å². The maximum atomic E-state index is 11.8. The Balaban J connectivity index is 2.86. The molecule has 0 atom stereocenters. The zero-order chi connectivity index (χ0) is 12.2. The number of sulfonamides is 1. The van der Waals surface area contributed by atoms with E-state index in [0.29, 0.717) is 0 Å². The van der Waals surface area contributed by atoms with Gasteiger partial charge in [0.2, 0.25) is 10.0 Å². The average molecular weight is 244 g/mol. The van der Waals surface area contributed by atoms with Crippen LogP contribution in [0.3, 0.4) is 0 Å². The van der Waals surface area contributed by atoms with Crippen LogP contribution in [0, 0.1) is 13.8 Å². The first kappa shape index (κ1) is 13.1. The van der Waals surface area contributed by atoms with Gasteiger partial charge in [-0.15, -0.1) is 0 Å². The molecule has 0 amide bonds. The summed E-state index contributed by atoms with van der Waals surface area (Å²) in [6, 6.07) is 5.00. The Morgan fingerprint density at radius 3 is 2.56 bits per heavy atom. The molecule has 0 fully saturated rings. The lowest BCUT2D eigenvalue weighted by molar-refractivity contribution is 0.143. The summed E-state index contributed by atoms with van der Waals surface area (Å²) in [6.45, 7) is 4.11. The molecule has 6 heteroatoms. The smallest absolute Gasteiger partial charge is 0.240 e. The molecule has 0 spiro atoms. The predicted molar refractivity (Wildman–Crippen MR) is 61.2 cm³/mol. The topological polar surface area (TPSA) is 81.4 Å². The molecule has 1 rings (SSSR count). The van der Waals surface area contributed by atoms with Crippen LogP contribution < -0.4 is 10.6 Å². The number of nitrogens with one attached hydrogen (secondary N) is 1. The Bertz CT molecular complexity index is 457. The average Bonchev–Trinajstić information content (AvgIpc) is 2.22. The molecule has 0 heterocycles. The molecule has 16 heavy (non-hydrogen) atoms. The summed E-state index contributed by atoms with van der Waals surface area (Å²) in [7, 11) is -3.46. The van der Waals surface area contributed by atoms with Crippen molar-refractivity contribution in [3.8, 4) is 0 Å². The van der Waals surface area contributed by atoms with Gasteiger partial charge in [-0.1, -0.05) is 6.07 Å². The van der Waals surface area contributed by atoms with Gasteiger partial charge >= 0.3 is 0 Å². The van der Waals surface area contributed by atoms with Crippen LogP contribution in [0.4, 0.5) is 0 Å². The minimum atomic E-state index is -3.46. The Labute approximate surface area is 95.6 Å². The lowest BCUT2D eigenvalue weighted by Crippen LogP contribution is -2.28. The Hall–Kier alpha value is -0.950. The van der Waals surface area contributed by atoms with E-state index in [1.165, 1.54) is 0 Å². The first-order valence-corrected chi connectivity index (χ1v) is 6.34. The van der Waals surface area contributed by atoms with Gasteiger partial charge in [0.1, 0.15) is 0 Å². The fourth-order valence-electron chi connectivity index (χ4n) is 1.20. The van der Waals surface area contributed by atoms with Crippen molar-refractivity contribution in [2.24, 2.45) is 5.90 Å². The molecule has 0 unspecified atom stereocenters. The van der Waals surface area contributed by atoms with Gasteiger partial charge in [-0.3, -0.25) is 0 Å². The standard InChI is InChI=1S/C10H16N2O3S/c1-8-3-4-10(7-9(8)2)16(13,14)12-5-6-15-11/h3-4,7,12H,5-6,11H2,1-2H3. The number of rotatable bonds is 5. The van der Waals surface area contributed by atoms with Crippen LogP contribution in [0.2, 0.25) is 0 Å². The van der Waals surface area contributed by atoms with Crippen molar-refractivity contribution < 1.29 is 13.3 Å². The molecule has 0 aromatic heterocycles. The fourth-order valence-corrected chi connectivity index (χ4v) is 2.30. The fraction of sp³-hybridized carbons (Fsp3) is 0.400. The summed E-state index contributed by atoms with van der Waals surface area (Å²) in [6.07, 6.45) is 0. The van der Waals surface area contributed by atoms with Crippen LogP contribution in [-0.4, -0.2) is 21.6 Å². The number of hydrogen-bond acceptors (Lipinski definition) is 4. The van der Waals surface area contributed by atoms with Gasteiger partial charge in [0, 0.05) is 6.54 Å². The molecule has 0 saturated carbocycles. The van der Waals surface area contributed by atoms with Crippen LogP contribution in [0.15, 0.2) is 23.1 Å². The van der Waals surface area contributed by atoms with Crippen LogP contribution in [0.5, 0.6) is 0 Å². The number of benzene rings is 1. The van der Waals surface area contributed by atoms with Crippen molar-refractivity contribution in [3.05, 3.63) is 29.3 Å². The zero-order valence-corrected chi connectivity index (χ0v) is 10.2. The molecule has 1 aromatic rings. The molecule has 0 aliphatic carbocycles. The summed E-state index contributed by atoms with van der Waals surface area (Å²) < 4.78 is 25.9. The summed E-state index contributed by atoms with van der Waals surface area (Å²) >= 11 is 0. The first-order chi connectivity index (χ1) is 7.47. The normalized spacial score (nSPS) is 11.7. The second-order valence-corrected chi connectivity index (χ2v) is 5.28. The maximum absolute atomic E-state index is 11.8. The van der Waals surface area contributed by atoms with E-state index in [4.69, 9.17) is 5.90 Å². The van der Waals surface area contributed by atoms with Gasteiger partial charge in [-0.2, -0.15) is 0 Å². The van der Waals surface area contributed by atoms with Gasteiger partial charge in [-0.25, -0.2) is 19.0 Å². The minimum absolute atomic E-state index is 0.143. The highest BCUT2D eigenvalue weighted by atomic mass is 32.2. The molecule has 1 aromatic carbocycles. The quantitative estimate of drug-likeness (QED) is 0.583. The van der Waals surface area contributed by atoms with E-state index in [9.17, 15) is 8.42 Å². The highest BCUT2D eigenvalue weighted by Crippen LogP contribution is 2.14. The Morgan fingerprint density at radius 1 is 1.31 bits per heavy atom. The van der Waals surface area contributed by atoms with Crippen LogP contribution in [0.1, 0.15) is 11.1 Å². The second kappa shape index (κ2) is 5.40. The van der Waals surface area contributed by atoms with Crippen molar-refractivity contribution in [2.75, 3.05) is 13.2 Å². The molecule has 5 nitrogen and oxygen atoms in total. The number of aryl methyl sites for hydroxylation is 2. The molecule has 0 aliphatic heterocycles. The van der Waals surface area contributed by atoms with Crippen molar-refractivity contribution in [2.45, 2.75) is 18.7 Å². The largest absolute Gasteiger partial charge is 0.303 e. The van der Waals surface area contributed by atoms with Gasteiger partial charge in [0.15, 0.2) is 0 Å². The summed E-state index contributed by atoms with van der Waals surface area (Å²) in [5.74, 6) is 4.81. The maximum Gasteiger partial charge on any atom is 0.240 e. The van der Waals surface area contributed by atoms with Gasteiger partial charge in [0.05, 0.1) is 11.5 Å². The van der Waals surface area contributed by atoms with Gasteiger partial charge in [-0.05, 0) is 37.1 Å². The van der Waals surface area contributed by atoms with E-state index in [1.807, 2.05) is 13.8 Å². The van der Waals surface area contributed by atoms with Crippen molar-refractivity contribution in [1.82, 2.24) is 4.72 Å². The van der Waals surface area contributed by atoms with Crippen molar-refractivity contribution in [1.29, 1.82) is 0 Å². The predicted octanol–water partition coefficient (Wildman–Crippen LogP) is 0.472. The number of nitrogens with two attached hydrogens (primary N) is 1. The third-order valence-electron chi connectivity index (χ3n) is 2.30. The molecule has 0 radical (unpaired) electrons. The molecular formula is C10H16N2O3S. The Morgan fingerprint density at radius 2 is 2.00 bits per heavy atom. The molecule has 0 saturated heterocycles. The third-order valence-corrected chi connectivity index (χ3v) is 3.76. The highest BCUT2D eigenvalue weighted by molar-refractivity contribution is 7.89. The minimum Gasteiger partial charge on any atom is -0.303 e. The second-order valence-electron chi connectivity index (χ2n) is 3.51. The van der Waals surface area contributed by atoms with E-state index in [-0.39, 0.29) is 18.0 Å². The summed E-state index contributed by atoms with van der Waals surface area (Å²) in [4.78, 5) is 4.55. The SMILES string of the molecule is Cc1ccc(S(=O)(=O)NCCON)cc1C. The van der Waals surface area contributed by atoms with E-state index in [2.05, 4.69) is 9.56 Å². The molecule has 0 bridgehead atoms. The van der Waals surface area contributed by atoms with E-state index < -0.39 is 10.0 Å². The van der Waals surface area contributed by atoms with Crippen molar-refractivity contribution in [3.63, 3.8) is 0 Å². The molecule has 90 valence electrons. The molecular weight excluding hydrogens is 228 g/mol. The van der Waals surface area contributed by atoms with Gasteiger partial charge < -0.3 is 4.84 Å². The summed E-state index contributed by atoms with van der Waals surface area (Å²) in [5, 5.41) is 0. The monoisotopic (exact) mass is 244 g/mol. The van der Waals surface area contributed by atoms with Crippen LogP contribution in [-0.2, 0) is 14.9 Å². The number of hydrogen-bond donors (Lipinski definition) is 2. The van der Waals surface area contributed by atoms with E-state index >= 15 is 0 Å². The van der Waals surface area contributed by atoms with E-state index in [1.54, 1.807) is 18.2 Å². The van der Waals surface area contributed by atoms with Gasteiger partial charge in [0.25, 0.3) is 0 Å². The lowest BCUT2D eigenvalue weighted by atomic mass is 10.1. The highest BCUT2D eigenvalue weighted by Gasteiger charge is 2.13. The molecule has 3 N–H and O–H groups in total. The summed E-state index contributed by atoms with van der Waals surface area (Å²) in [5.41, 5.74) is 2.00. The Kier molecular flexibility index (Phi) is 4.43. The van der Waals surface area contributed by atoms with Crippen LogP contribution >= 0.6 is 0 Å². The van der Waals surface area contributed by atoms with Crippen molar-refractivity contribution >= 4 is 10.0 Å². The first-order valence-electron chi connectivity index (χ1n) is 4.86.